The summed E-state index contributed by atoms with van der Waals surface area (Å²) in [6.07, 6.45) is -9.82. The molecule has 0 bridgehead atoms. The summed E-state index contributed by atoms with van der Waals surface area (Å²) in [6.45, 7) is 6.77. The van der Waals surface area contributed by atoms with Gasteiger partial charge in [0.25, 0.3) is 0 Å². The zero-order valence-electron chi connectivity index (χ0n) is 19.0. The summed E-state index contributed by atoms with van der Waals surface area (Å²) in [5.41, 5.74) is -2.83. The van der Waals surface area contributed by atoms with E-state index in [9.17, 15) is 35.9 Å². The number of rotatable bonds is 4. The van der Waals surface area contributed by atoms with Gasteiger partial charge < -0.3 is 10.2 Å². The zero-order valence-corrected chi connectivity index (χ0v) is 19.0. The van der Waals surface area contributed by atoms with Gasteiger partial charge in [0.05, 0.1) is 22.5 Å². The van der Waals surface area contributed by atoms with Gasteiger partial charge >= 0.3 is 12.4 Å². The van der Waals surface area contributed by atoms with Crippen LogP contribution in [0.1, 0.15) is 42.5 Å². The third kappa shape index (κ3) is 4.63. The SMILES string of the molecule is CCC1C(=O)N(c2c(C)cccc2C)C[C@]1(C)C(=O)Nc1cc(C(F)(F)F)cc(C(F)(F)F)c1. The molecule has 0 radical (unpaired) electrons. The Kier molecular flexibility index (Phi) is 6.49. The lowest BCUT2D eigenvalue weighted by Gasteiger charge is -2.28. The Morgan fingerprint density at radius 1 is 1.03 bits per heavy atom. The number of aryl methyl sites for hydroxylation is 2. The molecule has 1 unspecified atom stereocenters. The molecule has 0 aliphatic carbocycles. The molecule has 3 rings (SSSR count). The largest absolute Gasteiger partial charge is 0.416 e. The van der Waals surface area contributed by atoms with Crippen molar-refractivity contribution in [1.29, 1.82) is 0 Å². The van der Waals surface area contributed by atoms with Crippen LogP contribution in [-0.4, -0.2) is 18.4 Å². The minimum Gasteiger partial charge on any atom is -0.326 e. The average molecular weight is 486 g/mol. The number of carbonyl (C=O) groups is 2. The Bertz CT molecular complexity index is 1070. The maximum atomic E-state index is 13.3. The number of alkyl halides is 6. The number of hydrogen-bond acceptors (Lipinski definition) is 2. The lowest BCUT2D eigenvalue weighted by Crippen LogP contribution is -2.40. The number of nitrogens with one attached hydrogen (secondary N) is 1. The van der Waals surface area contributed by atoms with Crippen LogP contribution in [0, 0.1) is 25.2 Å². The molecule has 0 spiro atoms. The van der Waals surface area contributed by atoms with Crippen LogP contribution >= 0.6 is 0 Å². The number of hydrogen-bond donors (Lipinski definition) is 1. The predicted molar refractivity (Wildman–Crippen MR) is 115 cm³/mol. The third-order valence-electron chi connectivity index (χ3n) is 6.30. The Morgan fingerprint density at radius 2 is 1.53 bits per heavy atom. The van der Waals surface area contributed by atoms with Crippen LogP contribution in [0.2, 0.25) is 0 Å². The molecule has 184 valence electrons. The average Bonchev–Trinajstić information content (AvgIpc) is 2.97. The maximum Gasteiger partial charge on any atom is 0.416 e. The van der Waals surface area contributed by atoms with Gasteiger partial charge in [-0.05, 0) is 56.5 Å². The van der Waals surface area contributed by atoms with E-state index in [0.29, 0.717) is 17.8 Å². The van der Waals surface area contributed by atoms with Gasteiger partial charge in [-0.25, -0.2) is 0 Å². The van der Waals surface area contributed by atoms with Crippen molar-refractivity contribution in [2.45, 2.75) is 46.5 Å². The van der Waals surface area contributed by atoms with Gasteiger partial charge in [-0.3, -0.25) is 9.59 Å². The topological polar surface area (TPSA) is 49.4 Å². The van der Waals surface area contributed by atoms with Crippen LogP contribution in [0.5, 0.6) is 0 Å². The number of anilines is 2. The number of nitrogens with zero attached hydrogens (tertiary/aromatic N) is 1. The molecule has 1 fully saturated rings. The second-order valence-corrected chi connectivity index (χ2v) is 8.79. The number of halogens is 6. The minimum atomic E-state index is -5.04. The fourth-order valence-corrected chi connectivity index (χ4v) is 4.55. The summed E-state index contributed by atoms with van der Waals surface area (Å²) in [6, 6.07) is 6.36. The van der Waals surface area contributed by atoms with Gasteiger partial charge in [0.1, 0.15) is 0 Å². The summed E-state index contributed by atoms with van der Waals surface area (Å²) in [5, 5.41) is 2.22. The Balaban J connectivity index is 2.00. The predicted octanol–water partition coefficient (Wildman–Crippen LogP) is 6.36. The molecule has 10 heteroatoms. The molecule has 1 heterocycles. The van der Waals surface area contributed by atoms with Gasteiger partial charge in [-0.2, -0.15) is 26.3 Å². The highest BCUT2D eigenvalue weighted by molar-refractivity contribution is 6.07. The van der Waals surface area contributed by atoms with Gasteiger partial charge in [0, 0.05) is 17.9 Å². The standard InChI is InChI=1S/C24H24F6N2O2/c1-5-18-20(33)32(19-13(2)7-6-8-14(19)3)12-22(18,4)21(34)31-17-10-15(23(25,26)27)9-16(11-17)24(28,29)30/h6-11,18H,5,12H2,1-4H3,(H,31,34)/t18?,22-/m0/s1. The van der Waals surface area contributed by atoms with Crippen molar-refractivity contribution >= 4 is 23.2 Å². The zero-order chi connectivity index (χ0) is 25.6. The number of carbonyl (C=O) groups excluding carboxylic acids is 2. The van der Waals surface area contributed by atoms with Crippen LogP contribution in [-0.2, 0) is 21.9 Å². The molecule has 2 amide bonds. The van der Waals surface area contributed by atoms with Crippen molar-refractivity contribution in [3.63, 3.8) is 0 Å². The molecule has 1 aliphatic rings. The summed E-state index contributed by atoms with van der Waals surface area (Å²) < 4.78 is 79.2. The maximum absolute atomic E-state index is 13.3. The third-order valence-corrected chi connectivity index (χ3v) is 6.30. The molecule has 2 aromatic carbocycles. The normalized spacial score (nSPS) is 21.2. The van der Waals surface area contributed by atoms with Crippen LogP contribution in [0.3, 0.4) is 0 Å². The Labute approximate surface area is 192 Å². The molecule has 2 aromatic rings. The second-order valence-electron chi connectivity index (χ2n) is 8.79. The van der Waals surface area contributed by atoms with E-state index in [0.717, 1.165) is 11.1 Å². The molecule has 34 heavy (non-hydrogen) atoms. The first-order valence-electron chi connectivity index (χ1n) is 10.6. The fraction of sp³-hybridized carbons (Fsp3) is 0.417. The summed E-state index contributed by atoms with van der Waals surface area (Å²) in [4.78, 5) is 28.0. The Morgan fingerprint density at radius 3 is 1.97 bits per heavy atom. The number of benzene rings is 2. The summed E-state index contributed by atoms with van der Waals surface area (Å²) in [5.74, 6) is -1.95. The molecule has 0 aromatic heterocycles. The molecular formula is C24H24F6N2O2. The second kappa shape index (κ2) is 8.63. The highest BCUT2D eigenvalue weighted by Crippen LogP contribution is 2.44. The molecule has 1 N–H and O–H groups in total. The van der Waals surface area contributed by atoms with Gasteiger partial charge in [0.2, 0.25) is 11.8 Å². The Hall–Kier alpha value is -3.04. The number of amides is 2. The van der Waals surface area contributed by atoms with E-state index >= 15 is 0 Å². The monoisotopic (exact) mass is 486 g/mol. The highest BCUT2D eigenvalue weighted by atomic mass is 19.4. The summed E-state index contributed by atoms with van der Waals surface area (Å²) >= 11 is 0. The van der Waals surface area contributed by atoms with Crippen molar-refractivity contribution < 1.29 is 35.9 Å². The first-order chi connectivity index (χ1) is 15.6. The van der Waals surface area contributed by atoms with Crippen molar-refractivity contribution in [2.75, 3.05) is 16.8 Å². The molecule has 0 saturated carbocycles. The quantitative estimate of drug-likeness (QED) is 0.512. The van der Waals surface area contributed by atoms with E-state index in [1.807, 2.05) is 32.0 Å². The van der Waals surface area contributed by atoms with E-state index in [1.165, 1.54) is 11.8 Å². The van der Waals surface area contributed by atoms with E-state index in [4.69, 9.17) is 0 Å². The minimum absolute atomic E-state index is 0.00595. The smallest absolute Gasteiger partial charge is 0.326 e. The highest BCUT2D eigenvalue weighted by Gasteiger charge is 2.53. The van der Waals surface area contributed by atoms with Crippen molar-refractivity contribution in [3.8, 4) is 0 Å². The van der Waals surface area contributed by atoms with Crippen LogP contribution in [0.4, 0.5) is 37.7 Å². The summed E-state index contributed by atoms with van der Waals surface area (Å²) in [7, 11) is 0. The molecule has 1 saturated heterocycles. The first kappa shape index (κ1) is 25.6. The van der Waals surface area contributed by atoms with E-state index in [1.54, 1.807) is 6.92 Å². The van der Waals surface area contributed by atoms with Gasteiger partial charge in [0.15, 0.2) is 0 Å². The van der Waals surface area contributed by atoms with Crippen molar-refractivity contribution in [2.24, 2.45) is 11.3 Å². The van der Waals surface area contributed by atoms with E-state index in [-0.39, 0.29) is 24.9 Å². The van der Waals surface area contributed by atoms with Gasteiger partial charge in [-0.1, -0.05) is 25.1 Å². The molecular weight excluding hydrogens is 462 g/mol. The van der Waals surface area contributed by atoms with Crippen LogP contribution in [0.15, 0.2) is 36.4 Å². The molecule has 4 nitrogen and oxygen atoms in total. The molecule has 2 atom stereocenters. The van der Waals surface area contributed by atoms with Crippen molar-refractivity contribution in [1.82, 2.24) is 0 Å². The van der Waals surface area contributed by atoms with Gasteiger partial charge in [-0.15, -0.1) is 0 Å². The van der Waals surface area contributed by atoms with Crippen LogP contribution < -0.4 is 10.2 Å². The van der Waals surface area contributed by atoms with E-state index < -0.39 is 46.4 Å². The lowest BCUT2D eigenvalue weighted by molar-refractivity contribution is -0.143. The molecule has 1 aliphatic heterocycles. The van der Waals surface area contributed by atoms with E-state index in [2.05, 4.69) is 5.32 Å². The van der Waals surface area contributed by atoms with Crippen molar-refractivity contribution in [3.05, 3.63) is 58.7 Å². The van der Waals surface area contributed by atoms with Crippen LogP contribution in [0.25, 0.3) is 0 Å². The fourth-order valence-electron chi connectivity index (χ4n) is 4.55. The lowest BCUT2D eigenvalue weighted by atomic mass is 9.77. The first-order valence-corrected chi connectivity index (χ1v) is 10.6. The number of para-hydroxylation sites is 1.